The summed E-state index contributed by atoms with van der Waals surface area (Å²) in [5, 5.41) is 0. The van der Waals surface area contributed by atoms with E-state index in [4.69, 9.17) is 0 Å². The molecule has 3 aromatic rings. The maximum Gasteiger partial charge on any atom is 0.264 e. The largest absolute Gasteiger partial charge is 0.266 e. The van der Waals surface area contributed by atoms with Crippen molar-refractivity contribution in [1.82, 2.24) is 0 Å². The van der Waals surface area contributed by atoms with Crippen LogP contribution in [0.25, 0.3) is 0 Å². The maximum atomic E-state index is 13.5. The predicted octanol–water partition coefficient (Wildman–Crippen LogP) is 5.35. The highest BCUT2D eigenvalue weighted by molar-refractivity contribution is 7.98. The minimum atomic E-state index is -3.59. The average molecular weight is 410 g/mol. The van der Waals surface area contributed by atoms with Crippen molar-refractivity contribution >= 4 is 27.5 Å². The Kier molecular flexibility index (Phi) is 5.21. The van der Waals surface area contributed by atoms with Gasteiger partial charge in [0.1, 0.15) is 0 Å². The molecule has 1 aliphatic rings. The minimum absolute atomic E-state index is 0.413. The summed E-state index contributed by atoms with van der Waals surface area (Å²) in [5.74, 6) is 0.622. The van der Waals surface area contributed by atoms with E-state index in [1.807, 2.05) is 55.5 Å². The van der Waals surface area contributed by atoms with Crippen LogP contribution < -0.4 is 4.31 Å². The zero-order valence-electron chi connectivity index (χ0n) is 16.1. The number of nitrogens with zero attached hydrogens (tertiary/aromatic N) is 1. The van der Waals surface area contributed by atoms with Gasteiger partial charge in [-0.1, -0.05) is 54.1 Å². The van der Waals surface area contributed by atoms with Crippen molar-refractivity contribution < 1.29 is 8.42 Å². The lowest BCUT2D eigenvalue weighted by Gasteiger charge is -2.22. The second-order valence-corrected chi connectivity index (χ2v) is 9.97. The maximum absolute atomic E-state index is 13.5. The SMILES string of the molecule is Cc1ccc(S(=O)(=O)N2CCc3ccccc32)c(CSc2ccccc2C)c1. The van der Waals surface area contributed by atoms with E-state index in [-0.39, 0.29) is 0 Å². The summed E-state index contributed by atoms with van der Waals surface area (Å²) in [6.07, 6.45) is 0.758. The van der Waals surface area contributed by atoms with Gasteiger partial charge in [0.15, 0.2) is 0 Å². The molecule has 0 aromatic heterocycles. The van der Waals surface area contributed by atoms with E-state index < -0.39 is 10.0 Å². The van der Waals surface area contributed by atoms with Gasteiger partial charge in [0, 0.05) is 17.2 Å². The summed E-state index contributed by atoms with van der Waals surface area (Å²) in [4.78, 5) is 1.59. The molecule has 4 rings (SSSR count). The average Bonchev–Trinajstić information content (AvgIpc) is 3.12. The van der Waals surface area contributed by atoms with Crippen molar-refractivity contribution in [3.63, 3.8) is 0 Å². The summed E-state index contributed by atoms with van der Waals surface area (Å²) in [7, 11) is -3.59. The minimum Gasteiger partial charge on any atom is -0.266 e. The Bertz CT molecular complexity index is 1120. The van der Waals surface area contributed by atoms with E-state index in [0.29, 0.717) is 17.2 Å². The number of sulfonamides is 1. The predicted molar refractivity (Wildman–Crippen MR) is 117 cm³/mol. The zero-order valence-corrected chi connectivity index (χ0v) is 17.7. The van der Waals surface area contributed by atoms with Crippen LogP contribution in [0.15, 0.2) is 76.5 Å². The Morgan fingerprint density at radius 3 is 2.54 bits per heavy atom. The molecule has 1 aliphatic heterocycles. The van der Waals surface area contributed by atoms with Crippen molar-refractivity contribution in [1.29, 1.82) is 0 Å². The van der Waals surface area contributed by atoms with Crippen LogP contribution in [0.1, 0.15) is 22.3 Å². The molecule has 0 saturated carbocycles. The summed E-state index contributed by atoms with van der Waals surface area (Å²) < 4.78 is 28.6. The molecular formula is C23H23NO2S2. The topological polar surface area (TPSA) is 37.4 Å². The molecular weight excluding hydrogens is 386 g/mol. The Morgan fingerprint density at radius 2 is 1.71 bits per heavy atom. The molecule has 144 valence electrons. The zero-order chi connectivity index (χ0) is 19.7. The first-order valence-corrected chi connectivity index (χ1v) is 11.8. The number of anilines is 1. The number of hydrogen-bond acceptors (Lipinski definition) is 3. The van der Waals surface area contributed by atoms with Crippen LogP contribution in [0.4, 0.5) is 5.69 Å². The van der Waals surface area contributed by atoms with Gasteiger partial charge in [-0.2, -0.15) is 0 Å². The normalized spacial score (nSPS) is 13.6. The van der Waals surface area contributed by atoms with Gasteiger partial charge in [-0.15, -0.1) is 11.8 Å². The number of hydrogen-bond donors (Lipinski definition) is 0. The standard InChI is InChI=1S/C23H23NO2S2/c1-17-11-12-23(20(15-17)16-27-22-10-6-3-7-18(22)2)28(25,26)24-14-13-19-8-4-5-9-21(19)24/h3-12,15H,13-14,16H2,1-2H3. The van der Waals surface area contributed by atoms with Gasteiger partial charge in [0.25, 0.3) is 10.0 Å². The molecule has 0 unspecified atom stereocenters. The lowest BCUT2D eigenvalue weighted by molar-refractivity contribution is 0.591. The van der Waals surface area contributed by atoms with Crippen molar-refractivity contribution in [3.8, 4) is 0 Å². The molecule has 0 fully saturated rings. The van der Waals surface area contributed by atoms with Gasteiger partial charge >= 0.3 is 0 Å². The van der Waals surface area contributed by atoms with Crippen molar-refractivity contribution in [2.24, 2.45) is 0 Å². The molecule has 28 heavy (non-hydrogen) atoms. The highest BCUT2D eigenvalue weighted by Crippen LogP contribution is 2.35. The molecule has 0 atom stereocenters. The monoisotopic (exact) mass is 409 g/mol. The molecule has 0 amide bonds. The number of thioether (sulfide) groups is 1. The van der Waals surface area contributed by atoms with Gasteiger partial charge in [0.2, 0.25) is 0 Å². The quantitative estimate of drug-likeness (QED) is 0.533. The third-order valence-corrected chi connectivity index (χ3v) is 8.24. The lowest BCUT2D eigenvalue weighted by Crippen LogP contribution is -2.29. The van der Waals surface area contributed by atoms with E-state index in [1.165, 1.54) is 10.5 Å². The summed E-state index contributed by atoms with van der Waals surface area (Å²) in [6, 6.07) is 21.6. The molecule has 3 nitrogen and oxygen atoms in total. The highest BCUT2D eigenvalue weighted by atomic mass is 32.2. The Morgan fingerprint density at radius 1 is 0.964 bits per heavy atom. The number of rotatable bonds is 5. The third-order valence-electron chi connectivity index (χ3n) is 5.11. The van der Waals surface area contributed by atoms with Crippen molar-refractivity contribution in [2.75, 3.05) is 10.8 Å². The van der Waals surface area contributed by atoms with Crippen LogP contribution in [0.3, 0.4) is 0 Å². The Balaban J connectivity index is 1.69. The van der Waals surface area contributed by atoms with Gasteiger partial charge in [-0.05, 0) is 55.2 Å². The van der Waals surface area contributed by atoms with E-state index >= 15 is 0 Å². The third kappa shape index (κ3) is 3.56. The van der Waals surface area contributed by atoms with E-state index in [0.717, 1.165) is 28.8 Å². The number of para-hydroxylation sites is 1. The first-order valence-electron chi connectivity index (χ1n) is 9.35. The van der Waals surface area contributed by atoms with Crippen LogP contribution in [0, 0.1) is 13.8 Å². The number of fused-ring (bicyclic) bond motifs is 1. The fourth-order valence-electron chi connectivity index (χ4n) is 3.62. The molecule has 0 bridgehead atoms. The summed E-state index contributed by atoms with van der Waals surface area (Å²) in [5.41, 5.74) is 5.03. The smallest absolute Gasteiger partial charge is 0.264 e. The fourth-order valence-corrected chi connectivity index (χ4v) is 6.44. The van der Waals surface area contributed by atoms with E-state index in [2.05, 4.69) is 19.1 Å². The van der Waals surface area contributed by atoms with Crippen LogP contribution in [0.5, 0.6) is 0 Å². The highest BCUT2D eigenvalue weighted by Gasteiger charge is 2.32. The lowest BCUT2D eigenvalue weighted by atomic mass is 10.2. The van der Waals surface area contributed by atoms with E-state index in [1.54, 1.807) is 22.1 Å². The van der Waals surface area contributed by atoms with Crippen LogP contribution in [-0.2, 0) is 22.2 Å². The number of benzene rings is 3. The van der Waals surface area contributed by atoms with Crippen LogP contribution in [-0.4, -0.2) is 15.0 Å². The van der Waals surface area contributed by atoms with Crippen LogP contribution in [0.2, 0.25) is 0 Å². The van der Waals surface area contributed by atoms with Gasteiger partial charge in [-0.25, -0.2) is 8.42 Å². The van der Waals surface area contributed by atoms with Gasteiger partial charge in [0.05, 0.1) is 10.6 Å². The molecule has 0 spiro atoms. The second kappa shape index (κ2) is 7.64. The van der Waals surface area contributed by atoms with Gasteiger partial charge in [-0.3, -0.25) is 4.31 Å². The Labute approximate surface area is 171 Å². The molecule has 3 aromatic carbocycles. The fraction of sp³-hybridized carbons (Fsp3) is 0.217. The molecule has 5 heteroatoms. The molecule has 0 aliphatic carbocycles. The molecule has 1 heterocycles. The van der Waals surface area contributed by atoms with Crippen molar-refractivity contribution in [3.05, 3.63) is 89.0 Å². The van der Waals surface area contributed by atoms with Crippen LogP contribution >= 0.6 is 11.8 Å². The van der Waals surface area contributed by atoms with E-state index in [9.17, 15) is 8.42 Å². The summed E-state index contributed by atoms with van der Waals surface area (Å²) >= 11 is 1.68. The van der Waals surface area contributed by atoms with Gasteiger partial charge < -0.3 is 0 Å². The second-order valence-electron chi connectivity index (χ2n) is 7.12. The van der Waals surface area contributed by atoms with Crippen molar-refractivity contribution in [2.45, 2.75) is 35.8 Å². The first-order chi connectivity index (χ1) is 13.5. The number of aryl methyl sites for hydroxylation is 2. The first kappa shape index (κ1) is 19.1. The Hall–Kier alpha value is -2.24. The molecule has 0 N–H and O–H groups in total. The molecule has 0 radical (unpaired) electrons. The summed E-state index contributed by atoms with van der Waals surface area (Å²) in [6.45, 7) is 4.58. The molecule has 0 saturated heterocycles.